The third-order valence-electron chi connectivity index (χ3n) is 12.2. The average Bonchev–Trinajstić information content (AvgIpc) is 3.37. The number of nitrogens with zero attached hydrogens (tertiary/aromatic N) is 1. The third kappa shape index (κ3) is 38.9. The van der Waals surface area contributed by atoms with Crippen LogP contribution in [0.3, 0.4) is 0 Å². The van der Waals surface area contributed by atoms with Gasteiger partial charge in [-0.25, -0.2) is 9.59 Å². The Morgan fingerprint density at radius 1 is 0.529 bits per heavy atom. The van der Waals surface area contributed by atoms with E-state index in [0.717, 1.165) is 96.7 Å². The standard InChI is InChI=1S/C58H99NO11/c1-6-11-14-17-20-21-22-23-24-25-26-27-28-29-32-39-54(60)67-48-52(50-70-58(63)69-47-51-37-35-38-53(46-51)57(62)66-45-36-42-59(9-4)10-5)49-68-55(61)40-41-56(64-43-33-30-18-15-12-7-2)65-44-34-31-19-16-13-8-3/h20-21,23-24,35,37-38,46,52,56H,6-19,22,25-34,36,39-45,47-50H2,1-5H3/b21-20-,24-23-. The van der Waals surface area contributed by atoms with Gasteiger partial charge in [0, 0.05) is 32.6 Å². The van der Waals surface area contributed by atoms with Crippen LogP contribution in [0.15, 0.2) is 48.6 Å². The first-order valence-electron chi connectivity index (χ1n) is 27.9. The molecule has 0 aliphatic carbocycles. The fourth-order valence-corrected chi connectivity index (χ4v) is 7.67. The van der Waals surface area contributed by atoms with E-state index in [0.29, 0.717) is 37.4 Å². The van der Waals surface area contributed by atoms with Gasteiger partial charge in [-0.2, -0.15) is 0 Å². The number of carbonyl (C=O) groups is 4. The molecular weight excluding hydrogens is 887 g/mol. The summed E-state index contributed by atoms with van der Waals surface area (Å²) in [6, 6.07) is 6.73. The van der Waals surface area contributed by atoms with Crippen LogP contribution in [0.4, 0.5) is 4.79 Å². The summed E-state index contributed by atoms with van der Waals surface area (Å²) < 4.78 is 39.8. The second kappa shape index (κ2) is 47.6. The molecule has 0 N–H and O–H groups in total. The van der Waals surface area contributed by atoms with Gasteiger partial charge in [-0.15, -0.1) is 0 Å². The summed E-state index contributed by atoms with van der Waals surface area (Å²) in [6.07, 6.45) is 34.9. The van der Waals surface area contributed by atoms with Crippen molar-refractivity contribution in [3.8, 4) is 0 Å². The summed E-state index contributed by atoms with van der Waals surface area (Å²) in [4.78, 5) is 53.7. The molecule has 0 amide bonds. The highest BCUT2D eigenvalue weighted by Crippen LogP contribution is 2.15. The van der Waals surface area contributed by atoms with Gasteiger partial charge in [-0.3, -0.25) is 9.59 Å². The monoisotopic (exact) mass is 986 g/mol. The van der Waals surface area contributed by atoms with Crippen LogP contribution in [-0.2, 0) is 49.4 Å². The first-order valence-corrected chi connectivity index (χ1v) is 27.9. The zero-order chi connectivity index (χ0) is 51.0. The van der Waals surface area contributed by atoms with Gasteiger partial charge in [-0.05, 0) is 88.6 Å². The van der Waals surface area contributed by atoms with Gasteiger partial charge in [-0.1, -0.05) is 167 Å². The molecule has 0 spiro atoms. The summed E-state index contributed by atoms with van der Waals surface area (Å²) in [7, 11) is 0. The van der Waals surface area contributed by atoms with Crippen LogP contribution in [0.5, 0.6) is 0 Å². The fraction of sp³-hybridized carbons (Fsp3) is 0.759. The first kappa shape index (κ1) is 64.3. The largest absolute Gasteiger partial charge is 0.508 e. The highest BCUT2D eigenvalue weighted by atomic mass is 16.7. The number of benzene rings is 1. The topological polar surface area (TPSA) is 136 Å². The zero-order valence-electron chi connectivity index (χ0n) is 44.9. The second-order valence-electron chi connectivity index (χ2n) is 18.5. The maximum absolute atomic E-state index is 13.1. The molecule has 1 atom stereocenters. The lowest BCUT2D eigenvalue weighted by molar-refractivity contribution is -0.161. The molecule has 1 unspecified atom stereocenters. The Bertz CT molecular complexity index is 1460. The third-order valence-corrected chi connectivity index (χ3v) is 12.2. The van der Waals surface area contributed by atoms with E-state index in [2.05, 4.69) is 63.8 Å². The predicted octanol–water partition coefficient (Wildman–Crippen LogP) is 14.6. The maximum Gasteiger partial charge on any atom is 0.508 e. The van der Waals surface area contributed by atoms with E-state index in [1.165, 1.54) is 77.0 Å². The Labute approximate surface area is 425 Å². The molecule has 1 aromatic rings. The summed E-state index contributed by atoms with van der Waals surface area (Å²) in [6.45, 7) is 14.5. The quantitative estimate of drug-likeness (QED) is 0.0202. The van der Waals surface area contributed by atoms with Crippen LogP contribution in [0, 0.1) is 5.92 Å². The van der Waals surface area contributed by atoms with E-state index in [4.69, 9.17) is 33.2 Å². The number of esters is 3. The second-order valence-corrected chi connectivity index (χ2v) is 18.5. The molecule has 1 rings (SSSR count). The molecule has 0 aliphatic rings. The summed E-state index contributed by atoms with van der Waals surface area (Å²) in [5.74, 6) is -1.85. The van der Waals surface area contributed by atoms with E-state index >= 15 is 0 Å². The smallest absolute Gasteiger partial charge is 0.465 e. The Morgan fingerprint density at radius 2 is 1.06 bits per heavy atom. The van der Waals surface area contributed by atoms with Crippen molar-refractivity contribution in [3.05, 3.63) is 59.7 Å². The Balaban J connectivity index is 2.71. The van der Waals surface area contributed by atoms with Crippen molar-refractivity contribution in [2.24, 2.45) is 5.92 Å². The highest BCUT2D eigenvalue weighted by Gasteiger charge is 2.20. The van der Waals surface area contributed by atoms with Crippen molar-refractivity contribution >= 4 is 24.1 Å². The van der Waals surface area contributed by atoms with Gasteiger partial charge >= 0.3 is 24.1 Å². The van der Waals surface area contributed by atoms with Gasteiger partial charge in [0.15, 0.2) is 6.29 Å². The number of allylic oxidation sites excluding steroid dienone is 4. The van der Waals surface area contributed by atoms with E-state index in [-0.39, 0.29) is 45.2 Å². The Morgan fingerprint density at radius 3 is 1.67 bits per heavy atom. The number of hydrogen-bond acceptors (Lipinski definition) is 12. The number of unbranched alkanes of at least 4 members (excludes halogenated alkanes) is 18. The molecule has 0 aliphatic heterocycles. The van der Waals surface area contributed by atoms with Crippen LogP contribution in [-0.4, -0.2) is 94.5 Å². The van der Waals surface area contributed by atoms with Crippen LogP contribution in [0.2, 0.25) is 0 Å². The summed E-state index contributed by atoms with van der Waals surface area (Å²) in [5.41, 5.74) is 0.952. The normalized spacial score (nSPS) is 12.0. The summed E-state index contributed by atoms with van der Waals surface area (Å²) in [5, 5.41) is 0. The molecule has 0 radical (unpaired) electrons. The SMILES string of the molecule is CCCCC/C=C\C/C=C\CCCCCCCC(=O)OCC(COC(=O)CCC(OCCCCCCCC)OCCCCCCCC)COC(=O)OCc1cccc(C(=O)OCCCN(CC)CC)c1. The molecule has 0 fully saturated rings. The lowest BCUT2D eigenvalue weighted by Gasteiger charge is -2.20. The van der Waals surface area contributed by atoms with E-state index < -0.39 is 30.3 Å². The first-order chi connectivity index (χ1) is 34.3. The molecule has 0 heterocycles. The van der Waals surface area contributed by atoms with Crippen LogP contribution < -0.4 is 0 Å². The van der Waals surface area contributed by atoms with E-state index in [1.54, 1.807) is 24.3 Å². The van der Waals surface area contributed by atoms with Gasteiger partial charge in [0.25, 0.3) is 0 Å². The molecule has 12 heteroatoms. The maximum atomic E-state index is 13.1. The average molecular weight is 986 g/mol. The van der Waals surface area contributed by atoms with Gasteiger partial charge in [0.1, 0.15) is 26.4 Å². The van der Waals surface area contributed by atoms with Crippen molar-refractivity contribution < 1.29 is 52.3 Å². The number of hydrogen-bond donors (Lipinski definition) is 0. The van der Waals surface area contributed by atoms with Gasteiger partial charge in [0.05, 0.1) is 24.5 Å². The molecular formula is C58H99NO11. The van der Waals surface area contributed by atoms with E-state index in [9.17, 15) is 19.2 Å². The number of ether oxygens (including phenoxy) is 7. The Kier molecular flexibility index (Phi) is 43.7. The van der Waals surface area contributed by atoms with Crippen molar-refractivity contribution in [1.29, 1.82) is 0 Å². The summed E-state index contributed by atoms with van der Waals surface area (Å²) >= 11 is 0. The molecule has 70 heavy (non-hydrogen) atoms. The fourth-order valence-electron chi connectivity index (χ4n) is 7.67. The highest BCUT2D eigenvalue weighted by molar-refractivity contribution is 5.89. The van der Waals surface area contributed by atoms with E-state index in [1.807, 2.05) is 0 Å². The van der Waals surface area contributed by atoms with Crippen LogP contribution in [0.25, 0.3) is 0 Å². The molecule has 402 valence electrons. The number of rotatable bonds is 48. The van der Waals surface area contributed by atoms with Gasteiger partial charge in [0.2, 0.25) is 0 Å². The number of carbonyl (C=O) groups excluding carboxylic acids is 4. The molecule has 0 aromatic heterocycles. The van der Waals surface area contributed by atoms with Crippen molar-refractivity contribution in [1.82, 2.24) is 4.90 Å². The van der Waals surface area contributed by atoms with Crippen molar-refractivity contribution in [2.45, 2.75) is 221 Å². The lowest BCUT2D eigenvalue weighted by atomic mass is 10.1. The molecule has 0 saturated heterocycles. The minimum absolute atomic E-state index is 0.0861. The lowest BCUT2D eigenvalue weighted by Crippen LogP contribution is -2.27. The van der Waals surface area contributed by atoms with Crippen LogP contribution >= 0.6 is 0 Å². The predicted molar refractivity (Wildman–Crippen MR) is 282 cm³/mol. The van der Waals surface area contributed by atoms with Crippen molar-refractivity contribution in [2.75, 3.05) is 59.3 Å². The molecule has 0 bridgehead atoms. The minimum Gasteiger partial charge on any atom is -0.465 e. The molecule has 12 nitrogen and oxygen atoms in total. The van der Waals surface area contributed by atoms with Crippen LogP contribution in [0.1, 0.15) is 224 Å². The van der Waals surface area contributed by atoms with Gasteiger partial charge < -0.3 is 38.1 Å². The zero-order valence-corrected chi connectivity index (χ0v) is 44.9. The molecule has 1 aromatic carbocycles. The van der Waals surface area contributed by atoms with Crippen molar-refractivity contribution in [3.63, 3.8) is 0 Å². The Hall–Kier alpha value is -3.74. The molecule has 0 saturated carbocycles. The minimum atomic E-state index is -0.940.